The lowest BCUT2D eigenvalue weighted by atomic mass is 9.97. The zero-order chi connectivity index (χ0) is 15.8. The Labute approximate surface area is 128 Å². The van der Waals surface area contributed by atoms with Gasteiger partial charge in [-0.25, -0.2) is 0 Å². The SMILES string of the molecule is CC1=CC(=O)C(Cl)=C(C)C1=NS(=O)(=O)c1ccc(C)cc1. The summed E-state index contributed by atoms with van der Waals surface area (Å²) in [6.45, 7) is 5.09. The third-order valence-electron chi connectivity index (χ3n) is 3.15. The van der Waals surface area contributed by atoms with Crippen molar-refractivity contribution in [3.8, 4) is 0 Å². The van der Waals surface area contributed by atoms with E-state index in [-0.39, 0.29) is 21.4 Å². The molecule has 0 saturated carbocycles. The highest BCUT2D eigenvalue weighted by molar-refractivity contribution is 7.90. The second-order valence-corrected chi connectivity index (χ2v) is 6.84. The summed E-state index contributed by atoms with van der Waals surface area (Å²) in [6, 6.07) is 6.41. The average Bonchev–Trinajstić information content (AvgIpc) is 2.42. The van der Waals surface area contributed by atoms with Gasteiger partial charge in [0.1, 0.15) is 0 Å². The van der Waals surface area contributed by atoms with Crippen molar-refractivity contribution >= 4 is 33.1 Å². The Kier molecular flexibility index (Phi) is 4.16. The molecular formula is C15H14ClNO3S. The predicted octanol–water partition coefficient (Wildman–Crippen LogP) is 3.17. The van der Waals surface area contributed by atoms with Crippen LogP contribution >= 0.6 is 11.6 Å². The Balaban J connectivity index is 2.54. The van der Waals surface area contributed by atoms with Gasteiger partial charge in [-0.15, -0.1) is 0 Å². The van der Waals surface area contributed by atoms with E-state index in [4.69, 9.17) is 11.6 Å². The normalized spacial score (nSPS) is 18.2. The zero-order valence-electron chi connectivity index (χ0n) is 11.8. The Morgan fingerprint density at radius 1 is 1.05 bits per heavy atom. The van der Waals surface area contributed by atoms with Crippen molar-refractivity contribution in [1.29, 1.82) is 0 Å². The first-order chi connectivity index (χ1) is 9.72. The monoisotopic (exact) mass is 323 g/mol. The van der Waals surface area contributed by atoms with Crippen LogP contribution in [-0.2, 0) is 14.8 Å². The van der Waals surface area contributed by atoms with Crippen LogP contribution in [-0.4, -0.2) is 19.9 Å². The fourth-order valence-corrected chi connectivity index (χ4v) is 3.19. The maximum Gasteiger partial charge on any atom is 0.282 e. The van der Waals surface area contributed by atoms with Crippen molar-refractivity contribution in [1.82, 2.24) is 0 Å². The van der Waals surface area contributed by atoms with Crippen molar-refractivity contribution < 1.29 is 13.2 Å². The predicted molar refractivity (Wildman–Crippen MR) is 83.1 cm³/mol. The Morgan fingerprint density at radius 2 is 1.62 bits per heavy atom. The minimum Gasteiger partial charge on any atom is -0.288 e. The number of carbonyl (C=O) groups excluding carboxylic acids is 1. The summed E-state index contributed by atoms with van der Waals surface area (Å²) < 4.78 is 28.5. The number of hydrogen-bond acceptors (Lipinski definition) is 3. The van der Waals surface area contributed by atoms with Crippen molar-refractivity contribution in [2.24, 2.45) is 4.40 Å². The summed E-state index contributed by atoms with van der Waals surface area (Å²) in [4.78, 5) is 11.7. The molecule has 0 heterocycles. The lowest BCUT2D eigenvalue weighted by Gasteiger charge is -2.14. The lowest BCUT2D eigenvalue weighted by Crippen LogP contribution is -2.16. The summed E-state index contributed by atoms with van der Waals surface area (Å²) in [7, 11) is -3.84. The summed E-state index contributed by atoms with van der Waals surface area (Å²) in [6.07, 6.45) is 1.29. The molecule has 0 saturated heterocycles. The van der Waals surface area contributed by atoms with Gasteiger partial charge in [0, 0.05) is 0 Å². The molecule has 0 aliphatic heterocycles. The van der Waals surface area contributed by atoms with Gasteiger partial charge in [-0.3, -0.25) is 4.79 Å². The van der Waals surface area contributed by atoms with Crippen LogP contribution in [0.4, 0.5) is 0 Å². The van der Waals surface area contributed by atoms with Gasteiger partial charge in [0.05, 0.1) is 15.6 Å². The smallest absolute Gasteiger partial charge is 0.282 e. The molecule has 0 N–H and O–H groups in total. The van der Waals surface area contributed by atoms with Gasteiger partial charge in [-0.1, -0.05) is 29.3 Å². The van der Waals surface area contributed by atoms with E-state index in [1.54, 1.807) is 26.0 Å². The fraction of sp³-hybridized carbons (Fsp3) is 0.200. The van der Waals surface area contributed by atoms with Gasteiger partial charge >= 0.3 is 0 Å². The van der Waals surface area contributed by atoms with E-state index in [9.17, 15) is 13.2 Å². The molecule has 2 rings (SSSR count). The number of hydrogen-bond donors (Lipinski definition) is 0. The summed E-state index contributed by atoms with van der Waals surface area (Å²) in [5, 5.41) is -0.00143. The summed E-state index contributed by atoms with van der Waals surface area (Å²) in [5.74, 6) is -0.335. The number of rotatable bonds is 2. The standard InChI is InChI=1S/C15H14ClNO3S/c1-9-4-6-12(7-5-9)21(19,20)17-15-10(2)8-13(18)14(16)11(15)3/h4-8H,1-3H3. The van der Waals surface area contributed by atoms with Crippen LogP contribution in [0.25, 0.3) is 0 Å². The van der Waals surface area contributed by atoms with Crippen LogP contribution in [0.2, 0.25) is 0 Å². The van der Waals surface area contributed by atoms with Crippen molar-refractivity contribution in [2.45, 2.75) is 25.7 Å². The lowest BCUT2D eigenvalue weighted by molar-refractivity contribution is -0.110. The Morgan fingerprint density at radius 3 is 2.19 bits per heavy atom. The topological polar surface area (TPSA) is 63.6 Å². The van der Waals surface area contributed by atoms with E-state index in [0.717, 1.165) is 5.56 Å². The van der Waals surface area contributed by atoms with Crippen LogP contribution in [0, 0.1) is 6.92 Å². The van der Waals surface area contributed by atoms with Crippen molar-refractivity contribution in [3.63, 3.8) is 0 Å². The molecule has 0 spiro atoms. The first-order valence-corrected chi connectivity index (χ1v) is 8.05. The van der Waals surface area contributed by atoms with Crippen LogP contribution in [0.15, 0.2) is 55.8 Å². The van der Waals surface area contributed by atoms with Crippen molar-refractivity contribution in [2.75, 3.05) is 0 Å². The van der Waals surface area contributed by atoms with E-state index in [2.05, 4.69) is 4.40 Å². The highest BCUT2D eigenvalue weighted by Crippen LogP contribution is 2.25. The second kappa shape index (κ2) is 5.58. The first kappa shape index (κ1) is 15.7. The summed E-state index contributed by atoms with van der Waals surface area (Å²) >= 11 is 5.88. The van der Waals surface area contributed by atoms with Gasteiger partial charge in [0.2, 0.25) is 0 Å². The van der Waals surface area contributed by atoms with E-state index < -0.39 is 10.0 Å². The molecule has 4 nitrogen and oxygen atoms in total. The number of carbonyl (C=O) groups is 1. The molecule has 1 aliphatic rings. The van der Waals surface area contributed by atoms with Crippen LogP contribution < -0.4 is 0 Å². The maximum atomic E-state index is 12.3. The molecule has 0 unspecified atom stereocenters. The molecular weight excluding hydrogens is 310 g/mol. The van der Waals surface area contributed by atoms with Crippen LogP contribution in [0.5, 0.6) is 0 Å². The number of halogens is 1. The van der Waals surface area contributed by atoms with Crippen LogP contribution in [0.1, 0.15) is 19.4 Å². The molecule has 1 aromatic carbocycles. The van der Waals surface area contributed by atoms with Crippen LogP contribution in [0.3, 0.4) is 0 Å². The fourth-order valence-electron chi connectivity index (χ4n) is 1.94. The third kappa shape index (κ3) is 3.14. The molecule has 1 aromatic rings. The quantitative estimate of drug-likeness (QED) is 0.785. The van der Waals surface area contributed by atoms with E-state index >= 15 is 0 Å². The number of ketones is 1. The molecule has 0 bridgehead atoms. The maximum absolute atomic E-state index is 12.3. The van der Waals surface area contributed by atoms with Gasteiger partial charge < -0.3 is 0 Å². The molecule has 0 atom stereocenters. The number of allylic oxidation sites excluding steroid dienone is 4. The molecule has 110 valence electrons. The molecule has 0 fully saturated rings. The summed E-state index contributed by atoms with van der Waals surface area (Å²) in [5.41, 5.74) is 2.04. The van der Waals surface area contributed by atoms with Crippen molar-refractivity contribution in [3.05, 3.63) is 52.1 Å². The number of benzene rings is 1. The van der Waals surface area contributed by atoms with E-state index in [0.29, 0.717) is 11.1 Å². The molecule has 0 aromatic heterocycles. The van der Waals surface area contributed by atoms with E-state index in [1.165, 1.54) is 18.2 Å². The van der Waals surface area contributed by atoms with Gasteiger partial charge in [0.25, 0.3) is 10.0 Å². The third-order valence-corrected chi connectivity index (χ3v) is 4.91. The molecule has 1 aliphatic carbocycles. The van der Waals surface area contributed by atoms with Gasteiger partial charge in [-0.2, -0.15) is 12.8 Å². The number of sulfonamides is 1. The molecule has 6 heteroatoms. The minimum atomic E-state index is -3.84. The second-order valence-electron chi connectivity index (χ2n) is 4.86. The van der Waals surface area contributed by atoms with E-state index in [1.807, 2.05) is 6.92 Å². The largest absolute Gasteiger partial charge is 0.288 e. The van der Waals surface area contributed by atoms with Gasteiger partial charge in [-0.05, 0) is 50.1 Å². The minimum absolute atomic E-state index is 0.00143. The first-order valence-electron chi connectivity index (χ1n) is 6.24. The highest BCUT2D eigenvalue weighted by Gasteiger charge is 2.23. The van der Waals surface area contributed by atoms with Gasteiger partial charge in [0.15, 0.2) is 5.78 Å². The Bertz CT molecular complexity index is 800. The highest BCUT2D eigenvalue weighted by atomic mass is 35.5. The Hall–Kier alpha value is -1.72. The molecule has 21 heavy (non-hydrogen) atoms. The average molecular weight is 324 g/mol. The number of aryl methyl sites for hydroxylation is 1. The zero-order valence-corrected chi connectivity index (χ0v) is 13.4. The number of nitrogens with zero attached hydrogens (tertiary/aromatic N) is 1. The molecule has 0 amide bonds. The molecule has 0 radical (unpaired) electrons.